The molecule has 2 aromatic carbocycles. The number of halogens is 2. The normalized spacial score (nSPS) is 10.6. The number of aliphatic hydroxyl groups excluding tert-OH is 1. The number of likely N-dealkylation sites (N-methyl/N-ethyl adjacent to an activating group) is 1. The molecule has 0 aliphatic rings. The minimum atomic E-state index is -0.544. The first kappa shape index (κ1) is 16.1. The maximum Gasteiger partial charge on any atom is 0.253 e. The van der Waals surface area contributed by atoms with Crippen molar-refractivity contribution in [2.45, 2.75) is 6.92 Å². The zero-order valence-electron chi connectivity index (χ0n) is 12.4. The van der Waals surface area contributed by atoms with Gasteiger partial charge in [0.2, 0.25) is 0 Å². The molecule has 5 heteroatoms. The van der Waals surface area contributed by atoms with Crippen LogP contribution in [0.2, 0.25) is 0 Å². The molecule has 0 saturated carbocycles. The second-order valence-corrected chi connectivity index (χ2v) is 5.10. The third-order valence-electron chi connectivity index (χ3n) is 3.48. The van der Waals surface area contributed by atoms with Crippen molar-refractivity contribution in [3.05, 3.63) is 59.2 Å². The number of amides is 1. The molecule has 1 N–H and O–H groups in total. The Bertz CT molecular complexity index is 701. The smallest absolute Gasteiger partial charge is 0.253 e. The highest BCUT2D eigenvalue weighted by molar-refractivity contribution is 5.94. The van der Waals surface area contributed by atoms with Crippen molar-refractivity contribution < 1.29 is 18.7 Å². The highest BCUT2D eigenvalue weighted by atomic mass is 19.1. The Balaban J connectivity index is 2.36. The summed E-state index contributed by atoms with van der Waals surface area (Å²) >= 11 is 0. The number of rotatable bonds is 4. The molecule has 3 nitrogen and oxygen atoms in total. The quantitative estimate of drug-likeness (QED) is 0.943. The lowest BCUT2D eigenvalue weighted by atomic mass is 9.98. The molecule has 0 unspecified atom stereocenters. The largest absolute Gasteiger partial charge is 0.395 e. The zero-order chi connectivity index (χ0) is 16.3. The van der Waals surface area contributed by atoms with Gasteiger partial charge in [0, 0.05) is 24.7 Å². The van der Waals surface area contributed by atoms with Gasteiger partial charge in [0.15, 0.2) is 0 Å². The third-order valence-corrected chi connectivity index (χ3v) is 3.48. The second kappa shape index (κ2) is 6.66. The van der Waals surface area contributed by atoms with Crippen molar-refractivity contribution in [3.63, 3.8) is 0 Å². The average molecular weight is 305 g/mol. The molecule has 0 fully saturated rings. The number of aryl methyl sites for hydroxylation is 1. The summed E-state index contributed by atoms with van der Waals surface area (Å²) in [7, 11) is 1.54. The molecule has 0 aromatic heterocycles. The molecule has 2 rings (SSSR count). The third kappa shape index (κ3) is 3.31. The van der Waals surface area contributed by atoms with Crippen LogP contribution in [0.25, 0.3) is 11.1 Å². The first-order valence-corrected chi connectivity index (χ1v) is 6.86. The van der Waals surface area contributed by atoms with Crippen LogP contribution in [-0.2, 0) is 0 Å². The maximum absolute atomic E-state index is 14.3. The predicted molar refractivity (Wildman–Crippen MR) is 80.6 cm³/mol. The Morgan fingerprint density at radius 3 is 2.41 bits per heavy atom. The first-order valence-electron chi connectivity index (χ1n) is 6.86. The van der Waals surface area contributed by atoms with Gasteiger partial charge >= 0.3 is 0 Å². The van der Waals surface area contributed by atoms with Gasteiger partial charge < -0.3 is 10.0 Å². The summed E-state index contributed by atoms with van der Waals surface area (Å²) in [5.74, 6) is -1.28. The van der Waals surface area contributed by atoms with E-state index in [0.717, 1.165) is 6.07 Å². The van der Waals surface area contributed by atoms with E-state index in [-0.39, 0.29) is 30.4 Å². The Kier molecular flexibility index (Phi) is 4.88. The SMILES string of the molecule is Cc1cc(F)ccc1-c1ccc(C(=O)N(C)CCO)cc1F. The van der Waals surface area contributed by atoms with Gasteiger partial charge in [0.05, 0.1) is 6.61 Å². The number of carbonyl (C=O) groups excluding carboxylic acids is 1. The van der Waals surface area contributed by atoms with E-state index in [1.165, 1.54) is 42.3 Å². The fourth-order valence-electron chi connectivity index (χ4n) is 2.27. The van der Waals surface area contributed by atoms with Crippen molar-refractivity contribution in [2.24, 2.45) is 0 Å². The molecule has 2 aromatic rings. The zero-order valence-corrected chi connectivity index (χ0v) is 12.4. The molecular formula is C17H17F2NO2. The van der Waals surface area contributed by atoms with Crippen LogP contribution >= 0.6 is 0 Å². The molecule has 0 aliphatic carbocycles. The van der Waals surface area contributed by atoms with E-state index in [0.29, 0.717) is 16.7 Å². The summed E-state index contributed by atoms with van der Waals surface area (Å²) < 4.78 is 27.4. The van der Waals surface area contributed by atoms with Crippen LogP contribution in [0.3, 0.4) is 0 Å². The fourth-order valence-corrected chi connectivity index (χ4v) is 2.27. The van der Waals surface area contributed by atoms with Crippen molar-refractivity contribution >= 4 is 5.91 Å². The fraction of sp³-hybridized carbons (Fsp3) is 0.235. The van der Waals surface area contributed by atoms with E-state index in [4.69, 9.17) is 5.11 Å². The van der Waals surface area contributed by atoms with Crippen LogP contribution in [0, 0.1) is 18.6 Å². The van der Waals surface area contributed by atoms with Gasteiger partial charge in [-0.3, -0.25) is 4.79 Å². The van der Waals surface area contributed by atoms with Gasteiger partial charge in [-0.1, -0.05) is 12.1 Å². The van der Waals surface area contributed by atoms with Crippen LogP contribution in [0.1, 0.15) is 15.9 Å². The van der Waals surface area contributed by atoms with Crippen LogP contribution in [0.15, 0.2) is 36.4 Å². The van der Waals surface area contributed by atoms with Crippen LogP contribution in [-0.4, -0.2) is 36.1 Å². The Morgan fingerprint density at radius 2 is 1.82 bits per heavy atom. The molecule has 116 valence electrons. The summed E-state index contributed by atoms with van der Waals surface area (Å²) in [5, 5.41) is 8.83. The molecular weight excluding hydrogens is 288 g/mol. The van der Waals surface area contributed by atoms with E-state index in [2.05, 4.69) is 0 Å². The van der Waals surface area contributed by atoms with Gasteiger partial charge in [-0.15, -0.1) is 0 Å². The number of benzene rings is 2. The van der Waals surface area contributed by atoms with Crippen LogP contribution in [0.5, 0.6) is 0 Å². The molecule has 0 radical (unpaired) electrons. The van der Waals surface area contributed by atoms with E-state index in [1.54, 1.807) is 6.92 Å². The van der Waals surface area contributed by atoms with Gasteiger partial charge in [-0.05, 0) is 42.3 Å². The van der Waals surface area contributed by atoms with Crippen molar-refractivity contribution in [1.82, 2.24) is 4.90 Å². The number of aliphatic hydroxyl groups is 1. The Hall–Kier alpha value is -2.27. The minimum absolute atomic E-state index is 0.155. The molecule has 0 saturated heterocycles. The molecule has 1 amide bonds. The number of nitrogens with zero attached hydrogens (tertiary/aromatic N) is 1. The van der Waals surface area contributed by atoms with Gasteiger partial charge in [0.1, 0.15) is 11.6 Å². The highest BCUT2D eigenvalue weighted by Gasteiger charge is 2.15. The highest BCUT2D eigenvalue weighted by Crippen LogP contribution is 2.27. The van der Waals surface area contributed by atoms with Gasteiger partial charge in [-0.25, -0.2) is 8.78 Å². The monoisotopic (exact) mass is 305 g/mol. The van der Waals surface area contributed by atoms with Crippen molar-refractivity contribution in [1.29, 1.82) is 0 Å². The summed E-state index contributed by atoms with van der Waals surface area (Å²) in [6, 6.07) is 8.32. The molecule has 0 heterocycles. The first-order chi connectivity index (χ1) is 10.4. The number of hydrogen-bond acceptors (Lipinski definition) is 2. The van der Waals surface area contributed by atoms with Crippen molar-refractivity contribution in [3.8, 4) is 11.1 Å². The lowest BCUT2D eigenvalue weighted by Gasteiger charge is -2.16. The summed E-state index contributed by atoms with van der Waals surface area (Å²) in [6.45, 7) is 1.72. The van der Waals surface area contributed by atoms with Crippen molar-refractivity contribution in [2.75, 3.05) is 20.2 Å². The lowest BCUT2D eigenvalue weighted by molar-refractivity contribution is 0.0766. The average Bonchev–Trinajstić information content (AvgIpc) is 2.47. The van der Waals surface area contributed by atoms with E-state index < -0.39 is 5.82 Å². The Labute approximate surface area is 127 Å². The molecule has 22 heavy (non-hydrogen) atoms. The summed E-state index contributed by atoms with van der Waals surface area (Å²) in [6.07, 6.45) is 0. The lowest BCUT2D eigenvalue weighted by Crippen LogP contribution is -2.29. The van der Waals surface area contributed by atoms with Gasteiger partial charge in [0.25, 0.3) is 5.91 Å². The van der Waals surface area contributed by atoms with E-state index in [1.807, 2.05) is 0 Å². The molecule has 0 atom stereocenters. The number of hydrogen-bond donors (Lipinski definition) is 1. The maximum atomic E-state index is 14.3. The standard InChI is InChI=1S/C17H17F2NO2/c1-11-9-13(18)4-6-14(11)15-5-3-12(10-16(15)19)17(22)20(2)7-8-21/h3-6,9-10,21H,7-8H2,1-2H3. The van der Waals surface area contributed by atoms with Gasteiger partial charge in [-0.2, -0.15) is 0 Å². The molecule has 0 spiro atoms. The molecule has 0 aliphatic heterocycles. The minimum Gasteiger partial charge on any atom is -0.395 e. The summed E-state index contributed by atoms with van der Waals surface area (Å²) in [4.78, 5) is 13.4. The predicted octanol–water partition coefficient (Wildman–Crippen LogP) is 3.00. The van der Waals surface area contributed by atoms with Crippen LogP contribution in [0.4, 0.5) is 8.78 Å². The van der Waals surface area contributed by atoms with Crippen LogP contribution < -0.4 is 0 Å². The van der Waals surface area contributed by atoms with E-state index in [9.17, 15) is 13.6 Å². The second-order valence-electron chi connectivity index (χ2n) is 5.10. The molecule has 0 bridgehead atoms. The summed E-state index contributed by atoms with van der Waals surface area (Å²) in [5.41, 5.74) is 1.73. The topological polar surface area (TPSA) is 40.5 Å². The Morgan fingerprint density at radius 1 is 1.14 bits per heavy atom. The number of carbonyl (C=O) groups is 1. The van der Waals surface area contributed by atoms with E-state index >= 15 is 0 Å².